The average Bonchev–Trinajstić information content (AvgIpc) is 2.57. The van der Waals surface area contributed by atoms with Crippen LogP contribution in [0.1, 0.15) is 42.4 Å². The summed E-state index contributed by atoms with van der Waals surface area (Å²) < 4.78 is 0. The van der Waals surface area contributed by atoms with E-state index in [0.29, 0.717) is 0 Å². The number of carbonyl (C=O) groups excluding carboxylic acids is 1. The van der Waals surface area contributed by atoms with Gasteiger partial charge in [-0.25, -0.2) is 0 Å². The van der Waals surface area contributed by atoms with Gasteiger partial charge in [0, 0.05) is 11.3 Å². The Morgan fingerprint density at radius 3 is 2.57 bits per heavy atom. The standard InChI is InChI=1S/C20H19NOS/c1-2-7-20(23)17-11-6-10-16(13-17)18(14-21)19(22)12-15-8-4-3-5-9-15/h3-6,8-11,13,18H,2,7,12H2,1H3. The van der Waals surface area contributed by atoms with Gasteiger partial charge >= 0.3 is 0 Å². The fraction of sp³-hybridized carbons (Fsp3) is 0.250. The minimum atomic E-state index is -0.750. The molecule has 2 aromatic rings. The summed E-state index contributed by atoms with van der Waals surface area (Å²) in [5, 5.41) is 9.46. The van der Waals surface area contributed by atoms with Crippen molar-refractivity contribution in [2.75, 3.05) is 0 Å². The van der Waals surface area contributed by atoms with Crippen LogP contribution in [0.2, 0.25) is 0 Å². The van der Waals surface area contributed by atoms with Crippen molar-refractivity contribution in [2.45, 2.75) is 32.1 Å². The predicted molar refractivity (Wildman–Crippen MR) is 96.6 cm³/mol. The minimum absolute atomic E-state index is 0.0859. The molecule has 2 rings (SSSR count). The highest BCUT2D eigenvalue weighted by atomic mass is 32.1. The molecule has 1 atom stereocenters. The zero-order valence-electron chi connectivity index (χ0n) is 13.2. The Bertz CT molecular complexity index is 731. The van der Waals surface area contributed by atoms with Crippen LogP contribution in [0.25, 0.3) is 0 Å². The number of thiocarbonyl (C=S) groups is 1. The van der Waals surface area contributed by atoms with Crippen molar-refractivity contribution in [3.63, 3.8) is 0 Å². The second-order valence-corrected chi connectivity index (χ2v) is 5.98. The van der Waals surface area contributed by atoms with Gasteiger partial charge in [-0.3, -0.25) is 4.79 Å². The van der Waals surface area contributed by atoms with Crippen molar-refractivity contribution < 1.29 is 4.79 Å². The zero-order chi connectivity index (χ0) is 16.7. The summed E-state index contributed by atoms with van der Waals surface area (Å²) in [5.74, 6) is -0.836. The van der Waals surface area contributed by atoms with Crippen LogP contribution < -0.4 is 0 Å². The van der Waals surface area contributed by atoms with E-state index in [2.05, 4.69) is 13.0 Å². The van der Waals surface area contributed by atoms with Crippen molar-refractivity contribution in [1.29, 1.82) is 5.26 Å². The zero-order valence-corrected chi connectivity index (χ0v) is 14.0. The lowest BCUT2D eigenvalue weighted by Gasteiger charge is -2.11. The first-order valence-electron chi connectivity index (χ1n) is 7.75. The molecule has 0 saturated carbocycles. The maximum atomic E-state index is 12.5. The largest absolute Gasteiger partial charge is 0.297 e. The average molecular weight is 321 g/mol. The van der Waals surface area contributed by atoms with Gasteiger partial charge in [-0.1, -0.05) is 74.1 Å². The van der Waals surface area contributed by atoms with E-state index >= 15 is 0 Å². The molecule has 2 aromatic carbocycles. The Labute approximate surface area is 142 Å². The maximum Gasteiger partial charge on any atom is 0.158 e. The fourth-order valence-corrected chi connectivity index (χ4v) is 2.83. The smallest absolute Gasteiger partial charge is 0.158 e. The van der Waals surface area contributed by atoms with Gasteiger partial charge in [0.05, 0.1) is 6.07 Å². The molecule has 0 aliphatic carbocycles. The van der Waals surface area contributed by atoms with Crippen molar-refractivity contribution in [2.24, 2.45) is 0 Å². The third kappa shape index (κ3) is 4.58. The van der Waals surface area contributed by atoms with Gasteiger partial charge in [-0.05, 0) is 29.2 Å². The number of nitriles is 1. The Morgan fingerprint density at radius 2 is 1.91 bits per heavy atom. The first-order valence-corrected chi connectivity index (χ1v) is 8.16. The normalized spacial score (nSPS) is 11.5. The highest BCUT2D eigenvalue weighted by Crippen LogP contribution is 2.21. The highest BCUT2D eigenvalue weighted by Gasteiger charge is 2.20. The highest BCUT2D eigenvalue weighted by molar-refractivity contribution is 7.80. The molecule has 0 amide bonds. The van der Waals surface area contributed by atoms with E-state index in [9.17, 15) is 10.1 Å². The van der Waals surface area contributed by atoms with E-state index in [4.69, 9.17) is 12.2 Å². The Balaban J connectivity index is 2.20. The molecule has 23 heavy (non-hydrogen) atoms. The number of hydrogen-bond donors (Lipinski definition) is 0. The molecule has 0 aliphatic rings. The Morgan fingerprint density at radius 1 is 1.17 bits per heavy atom. The number of ketones is 1. The summed E-state index contributed by atoms with van der Waals surface area (Å²) >= 11 is 5.40. The van der Waals surface area contributed by atoms with Crippen LogP contribution in [0.4, 0.5) is 0 Å². The predicted octanol–water partition coefficient (Wildman–Crippen LogP) is 4.62. The van der Waals surface area contributed by atoms with Gasteiger partial charge in [-0.15, -0.1) is 0 Å². The van der Waals surface area contributed by atoms with E-state index in [1.54, 1.807) is 0 Å². The SMILES string of the molecule is CCCC(=S)c1cccc(C(C#N)C(=O)Cc2ccccc2)c1. The quantitative estimate of drug-likeness (QED) is 0.552. The summed E-state index contributed by atoms with van der Waals surface area (Å²) in [6.45, 7) is 2.08. The number of Topliss-reactive ketones (excluding diaryl/α,β-unsaturated/α-hetero) is 1. The number of hydrogen-bond acceptors (Lipinski definition) is 3. The van der Waals surface area contributed by atoms with Crippen LogP contribution in [-0.4, -0.2) is 10.6 Å². The third-order valence-corrected chi connectivity index (χ3v) is 4.13. The molecule has 0 aromatic heterocycles. The van der Waals surface area contributed by atoms with E-state index in [1.807, 2.05) is 54.6 Å². The van der Waals surface area contributed by atoms with E-state index in [0.717, 1.165) is 34.4 Å². The van der Waals surface area contributed by atoms with Gasteiger partial charge in [0.15, 0.2) is 5.78 Å². The van der Waals surface area contributed by atoms with Crippen LogP contribution in [0.5, 0.6) is 0 Å². The van der Waals surface area contributed by atoms with Crippen LogP contribution in [-0.2, 0) is 11.2 Å². The Hall–Kier alpha value is -2.31. The molecule has 0 N–H and O–H groups in total. The molecule has 0 radical (unpaired) electrons. The van der Waals surface area contributed by atoms with Gasteiger partial charge in [0.2, 0.25) is 0 Å². The maximum absolute atomic E-state index is 12.5. The lowest BCUT2D eigenvalue weighted by Crippen LogP contribution is -2.14. The minimum Gasteiger partial charge on any atom is -0.297 e. The van der Waals surface area contributed by atoms with Crippen molar-refractivity contribution >= 4 is 22.9 Å². The molecule has 116 valence electrons. The monoisotopic (exact) mass is 321 g/mol. The first-order chi connectivity index (χ1) is 11.2. The summed E-state index contributed by atoms with van der Waals surface area (Å²) in [4.78, 5) is 13.4. The molecule has 0 spiro atoms. The number of rotatable bonds is 7. The second-order valence-electron chi connectivity index (χ2n) is 5.49. The Kier molecular flexibility index (Phi) is 6.19. The second kappa shape index (κ2) is 8.36. The molecule has 0 aliphatic heterocycles. The number of carbonyl (C=O) groups is 1. The van der Waals surface area contributed by atoms with Crippen LogP contribution in [0.3, 0.4) is 0 Å². The van der Waals surface area contributed by atoms with Crippen LogP contribution in [0.15, 0.2) is 54.6 Å². The molecule has 2 nitrogen and oxygen atoms in total. The summed E-state index contributed by atoms with van der Waals surface area (Å²) in [5.41, 5.74) is 2.59. The lowest BCUT2D eigenvalue weighted by atomic mass is 9.90. The van der Waals surface area contributed by atoms with E-state index < -0.39 is 5.92 Å². The molecule has 3 heteroatoms. The molecule has 0 bridgehead atoms. The number of nitrogens with zero attached hydrogens (tertiary/aromatic N) is 1. The molecule has 0 fully saturated rings. The van der Waals surface area contributed by atoms with E-state index in [-0.39, 0.29) is 12.2 Å². The first kappa shape index (κ1) is 17.1. The summed E-state index contributed by atoms with van der Waals surface area (Å²) in [6.07, 6.45) is 2.09. The van der Waals surface area contributed by atoms with Gasteiger partial charge in [0.25, 0.3) is 0 Å². The lowest BCUT2D eigenvalue weighted by molar-refractivity contribution is -0.118. The van der Waals surface area contributed by atoms with Crippen LogP contribution >= 0.6 is 12.2 Å². The van der Waals surface area contributed by atoms with Crippen LogP contribution in [0, 0.1) is 11.3 Å². The third-order valence-electron chi connectivity index (χ3n) is 3.69. The van der Waals surface area contributed by atoms with Crippen molar-refractivity contribution in [1.82, 2.24) is 0 Å². The molecular weight excluding hydrogens is 302 g/mol. The van der Waals surface area contributed by atoms with E-state index in [1.165, 1.54) is 0 Å². The van der Waals surface area contributed by atoms with Gasteiger partial charge < -0.3 is 0 Å². The molecular formula is C20H19NOS. The molecule has 1 unspecified atom stereocenters. The van der Waals surface area contributed by atoms with Gasteiger partial charge in [0.1, 0.15) is 5.92 Å². The topological polar surface area (TPSA) is 40.9 Å². The van der Waals surface area contributed by atoms with Crippen molar-refractivity contribution in [3.8, 4) is 6.07 Å². The summed E-state index contributed by atoms with van der Waals surface area (Å²) in [6, 6.07) is 19.2. The van der Waals surface area contributed by atoms with Crippen molar-refractivity contribution in [3.05, 3.63) is 71.3 Å². The number of benzene rings is 2. The summed E-state index contributed by atoms with van der Waals surface area (Å²) in [7, 11) is 0. The fourth-order valence-electron chi connectivity index (χ4n) is 2.49. The molecule has 0 saturated heterocycles. The molecule has 0 heterocycles. The van der Waals surface area contributed by atoms with Gasteiger partial charge in [-0.2, -0.15) is 5.26 Å².